The molecule has 0 heterocycles. The molecular formula is C18H22O. The molecule has 0 radical (unpaired) electrons. The van der Waals surface area contributed by atoms with Crippen LogP contribution < -0.4 is 0 Å². The predicted molar refractivity (Wildman–Crippen MR) is 80.1 cm³/mol. The van der Waals surface area contributed by atoms with Gasteiger partial charge in [0.1, 0.15) is 0 Å². The fraction of sp³-hybridized carbons (Fsp3) is 0.389. The molecule has 0 saturated heterocycles. The van der Waals surface area contributed by atoms with Crippen LogP contribution >= 0.6 is 0 Å². The van der Waals surface area contributed by atoms with Crippen LogP contribution in [-0.4, -0.2) is 5.78 Å². The third-order valence-electron chi connectivity index (χ3n) is 3.83. The molecule has 0 spiro atoms. The van der Waals surface area contributed by atoms with Crippen molar-refractivity contribution in [3.05, 3.63) is 59.7 Å². The molecule has 1 nitrogen and oxygen atoms in total. The molecular weight excluding hydrogens is 232 g/mol. The second kappa shape index (κ2) is 5.16. The van der Waals surface area contributed by atoms with Gasteiger partial charge < -0.3 is 0 Å². The van der Waals surface area contributed by atoms with Crippen LogP contribution in [0.5, 0.6) is 0 Å². The van der Waals surface area contributed by atoms with Crippen molar-refractivity contribution in [3.8, 4) is 0 Å². The maximum atomic E-state index is 12.5. The van der Waals surface area contributed by atoms with E-state index in [4.69, 9.17) is 0 Å². The topological polar surface area (TPSA) is 17.1 Å². The lowest BCUT2D eigenvalue weighted by Crippen LogP contribution is -2.25. The van der Waals surface area contributed by atoms with E-state index in [-0.39, 0.29) is 23.0 Å². The van der Waals surface area contributed by atoms with Gasteiger partial charge in [-0.3, -0.25) is 4.79 Å². The molecule has 1 aliphatic carbocycles. The second-order valence-corrected chi connectivity index (χ2v) is 6.30. The first kappa shape index (κ1) is 13.8. The monoisotopic (exact) mass is 254 g/mol. The van der Waals surface area contributed by atoms with Gasteiger partial charge in [-0.15, -0.1) is 0 Å². The van der Waals surface area contributed by atoms with Crippen molar-refractivity contribution in [2.24, 2.45) is 17.3 Å². The molecule has 0 bridgehead atoms. The SMILES string of the molecule is CC(C(=O)c1ccccc1)C1C=CC=C1C(C)(C)C. The summed E-state index contributed by atoms with van der Waals surface area (Å²) in [6, 6.07) is 9.59. The van der Waals surface area contributed by atoms with Gasteiger partial charge in [-0.2, -0.15) is 0 Å². The average Bonchev–Trinajstić information content (AvgIpc) is 2.87. The third-order valence-corrected chi connectivity index (χ3v) is 3.83. The van der Waals surface area contributed by atoms with Gasteiger partial charge in [0.05, 0.1) is 0 Å². The van der Waals surface area contributed by atoms with E-state index in [1.165, 1.54) is 5.57 Å². The van der Waals surface area contributed by atoms with Crippen molar-refractivity contribution in [1.29, 1.82) is 0 Å². The maximum Gasteiger partial charge on any atom is 0.166 e. The Kier molecular flexibility index (Phi) is 3.75. The van der Waals surface area contributed by atoms with Gasteiger partial charge >= 0.3 is 0 Å². The normalized spacial score (nSPS) is 20.2. The van der Waals surface area contributed by atoms with Crippen LogP contribution in [0.2, 0.25) is 0 Å². The number of benzene rings is 1. The molecule has 19 heavy (non-hydrogen) atoms. The number of rotatable bonds is 3. The molecule has 1 aromatic rings. The molecule has 2 atom stereocenters. The van der Waals surface area contributed by atoms with E-state index in [1.807, 2.05) is 37.3 Å². The van der Waals surface area contributed by atoms with Crippen molar-refractivity contribution < 1.29 is 4.79 Å². The number of ketones is 1. The molecule has 2 unspecified atom stereocenters. The lowest BCUT2D eigenvalue weighted by atomic mass is 9.74. The van der Waals surface area contributed by atoms with E-state index in [2.05, 4.69) is 39.0 Å². The zero-order chi connectivity index (χ0) is 14.0. The van der Waals surface area contributed by atoms with E-state index in [0.29, 0.717) is 0 Å². The first-order chi connectivity index (χ1) is 8.91. The number of hydrogen-bond donors (Lipinski definition) is 0. The lowest BCUT2D eigenvalue weighted by Gasteiger charge is -2.29. The van der Waals surface area contributed by atoms with Crippen LogP contribution in [-0.2, 0) is 0 Å². The van der Waals surface area contributed by atoms with E-state index >= 15 is 0 Å². The molecule has 100 valence electrons. The van der Waals surface area contributed by atoms with Crippen LogP contribution in [0, 0.1) is 17.3 Å². The Labute approximate surface area is 116 Å². The summed E-state index contributed by atoms with van der Waals surface area (Å²) in [4.78, 5) is 12.5. The predicted octanol–water partition coefficient (Wildman–Crippen LogP) is 4.66. The summed E-state index contributed by atoms with van der Waals surface area (Å²) in [6.45, 7) is 8.66. The number of Topliss-reactive ketones (excluding diaryl/α,β-unsaturated/α-hetero) is 1. The summed E-state index contributed by atoms with van der Waals surface area (Å²) < 4.78 is 0. The molecule has 0 saturated carbocycles. The highest BCUT2D eigenvalue weighted by Gasteiger charge is 2.32. The van der Waals surface area contributed by atoms with Crippen LogP contribution in [0.4, 0.5) is 0 Å². The van der Waals surface area contributed by atoms with Crippen molar-refractivity contribution >= 4 is 5.78 Å². The van der Waals surface area contributed by atoms with Gasteiger partial charge in [-0.25, -0.2) is 0 Å². The summed E-state index contributed by atoms with van der Waals surface area (Å²) >= 11 is 0. The first-order valence-corrected chi connectivity index (χ1v) is 6.89. The zero-order valence-electron chi connectivity index (χ0n) is 12.2. The summed E-state index contributed by atoms with van der Waals surface area (Å²) in [7, 11) is 0. The van der Waals surface area contributed by atoms with Crippen LogP contribution in [0.15, 0.2) is 54.1 Å². The van der Waals surface area contributed by atoms with Crippen LogP contribution in [0.25, 0.3) is 0 Å². The van der Waals surface area contributed by atoms with Crippen molar-refractivity contribution in [2.75, 3.05) is 0 Å². The molecule has 1 heteroatoms. The Balaban J connectivity index is 2.21. The minimum absolute atomic E-state index is 0.00775. The minimum Gasteiger partial charge on any atom is -0.294 e. The van der Waals surface area contributed by atoms with E-state index in [1.54, 1.807) is 0 Å². The summed E-state index contributed by atoms with van der Waals surface area (Å²) in [5.74, 6) is 0.451. The Bertz CT molecular complexity index is 514. The van der Waals surface area contributed by atoms with Gasteiger partial charge in [-0.1, -0.05) is 81.8 Å². The van der Waals surface area contributed by atoms with Gasteiger partial charge in [-0.05, 0) is 5.41 Å². The van der Waals surface area contributed by atoms with E-state index in [0.717, 1.165) is 5.56 Å². The highest BCUT2D eigenvalue weighted by atomic mass is 16.1. The van der Waals surface area contributed by atoms with Gasteiger partial charge in [0.15, 0.2) is 5.78 Å². The fourth-order valence-corrected chi connectivity index (χ4v) is 2.71. The first-order valence-electron chi connectivity index (χ1n) is 6.89. The summed E-state index contributed by atoms with van der Waals surface area (Å²) in [5, 5.41) is 0. The Morgan fingerprint density at radius 3 is 2.37 bits per heavy atom. The molecule has 2 rings (SSSR count). The Morgan fingerprint density at radius 1 is 1.16 bits per heavy atom. The standard InChI is InChI=1S/C18H22O/c1-13(17(19)14-9-6-5-7-10-14)15-11-8-12-16(15)18(2,3)4/h5-13,15H,1-4H3. The quantitative estimate of drug-likeness (QED) is 0.717. The molecule has 0 N–H and O–H groups in total. The smallest absolute Gasteiger partial charge is 0.166 e. The van der Waals surface area contributed by atoms with Gasteiger partial charge in [0.2, 0.25) is 0 Å². The van der Waals surface area contributed by atoms with Crippen LogP contribution in [0.3, 0.4) is 0 Å². The summed E-state index contributed by atoms with van der Waals surface area (Å²) in [5.41, 5.74) is 2.27. The molecule has 1 aromatic carbocycles. The van der Waals surface area contributed by atoms with Gasteiger partial charge in [0, 0.05) is 17.4 Å². The minimum atomic E-state index is -0.00775. The highest BCUT2D eigenvalue weighted by molar-refractivity contribution is 5.98. The van der Waals surface area contributed by atoms with E-state index < -0.39 is 0 Å². The zero-order valence-corrected chi connectivity index (χ0v) is 12.2. The Morgan fingerprint density at radius 2 is 1.79 bits per heavy atom. The number of carbonyl (C=O) groups excluding carboxylic acids is 1. The molecule has 0 amide bonds. The Hall–Kier alpha value is -1.63. The molecule has 0 aromatic heterocycles. The van der Waals surface area contributed by atoms with Crippen LogP contribution in [0.1, 0.15) is 38.1 Å². The van der Waals surface area contributed by atoms with Crippen molar-refractivity contribution in [2.45, 2.75) is 27.7 Å². The number of hydrogen-bond acceptors (Lipinski definition) is 1. The van der Waals surface area contributed by atoms with Crippen molar-refractivity contribution in [1.82, 2.24) is 0 Å². The average molecular weight is 254 g/mol. The molecule has 0 fully saturated rings. The summed E-state index contributed by atoms with van der Waals surface area (Å²) in [6.07, 6.45) is 6.41. The second-order valence-electron chi connectivity index (χ2n) is 6.30. The van der Waals surface area contributed by atoms with Crippen molar-refractivity contribution in [3.63, 3.8) is 0 Å². The lowest BCUT2D eigenvalue weighted by molar-refractivity contribution is 0.0908. The fourth-order valence-electron chi connectivity index (χ4n) is 2.71. The molecule has 0 aliphatic heterocycles. The maximum absolute atomic E-state index is 12.5. The number of allylic oxidation sites excluding steroid dienone is 4. The highest BCUT2D eigenvalue weighted by Crippen LogP contribution is 2.39. The van der Waals surface area contributed by atoms with Gasteiger partial charge in [0.25, 0.3) is 0 Å². The molecule has 1 aliphatic rings. The largest absolute Gasteiger partial charge is 0.294 e. The number of carbonyl (C=O) groups is 1. The third kappa shape index (κ3) is 2.86. The van der Waals surface area contributed by atoms with E-state index in [9.17, 15) is 4.79 Å².